The van der Waals surface area contributed by atoms with E-state index in [9.17, 15) is 0 Å². The van der Waals surface area contributed by atoms with Crippen LogP contribution in [0.3, 0.4) is 0 Å². The van der Waals surface area contributed by atoms with Gasteiger partial charge < -0.3 is 14.2 Å². The molecule has 0 bridgehead atoms. The minimum Gasteiger partial charge on any atom is -0.495 e. The summed E-state index contributed by atoms with van der Waals surface area (Å²) >= 11 is 0. The Morgan fingerprint density at radius 1 is 0.962 bits per heavy atom. The zero-order chi connectivity index (χ0) is 18.5. The average Bonchev–Trinajstić information content (AvgIpc) is 3.03. The zero-order valence-corrected chi connectivity index (χ0v) is 15.4. The summed E-state index contributed by atoms with van der Waals surface area (Å²) in [5.74, 6) is 2.65. The lowest BCUT2D eigenvalue weighted by Gasteiger charge is -2.15. The van der Waals surface area contributed by atoms with Crippen molar-refractivity contribution in [3.05, 3.63) is 47.8 Å². The van der Waals surface area contributed by atoms with Crippen LogP contribution in [0.4, 0.5) is 0 Å². The Morgan fingerprint density at radius 3 is 2.54 bits per heavy atom. The van der Waals surface area contributed by atoms with Crippen molar-refractivity contribution in [2.24, 2.45) is 0 Å². The van der Waals surface area contributed by atoms with E-state index in [0.29, 0.717) is 30.6 Å². The largest absolute Gasteiger partial charge is 0.495 e. The number of rotatable bonds is 7. The first-order valence-electron chi connectivity index (χ1n) is 8.31. The van der Waals surface area contributed by atoms with Crippen LogP contribution < -0.4 is 9.47 Å². The summed E-state index contributed by atoms with van der Waals surface area (Å²) in [5.41, 5.74) is 2.63. The monoisotopic (exact) mass is 354 g/mol. The van der Waals surface area contributed by atoms with Gasteiger partial charge in [-0.2, -0.15) is 0 Å². The van der Waals surface area contributed by atoms with E-state index < -0.39 is 0 Å². The summed E-state index contributed by atoms with van der Waals surface area (Å²) in [6.07, 6.45) is 0. The number of benzene rings is 1. The number of nitrogens with zero attached hydrogens (tertiary/aromatic N) is 4. The molecule has 0 unspecified atom stereocenters. The number of pyridine rings is 1. The second kappa shape index (κ2) is 7.97. The van der Waals surface area contributed by atoms with Gasteiger partial charge >= 0.3 is 0 Å². The van der Waals surface area contributed by atoms with Crippen LogP contribution in [-0.2, 0) is 4.74 Å². The Balaban J connectivity index is 2.06. The molecule has 136 valence electrons. The fourth-order valence-corrected chi connectivity index (χ4v) is 2.73. The molecule has 0 fully saturated rings. The first kappa shape index (κ1) is 17.9. The lowest BCUT2D eigenvalue weighted by Crippen LogP contribution is -2.07. The van der Waals surface area contributed by atoms with E-state index in [0.717, 1.165) is 22.8 Å². The zero-order valence-electron chi connectivity index (χ0n) is 15.4. The van der Waals surface area contributed by atoms with Gasteiger partial charge in [0.25, 0.3) is 0 Å². The standard InChI is InChI=1S/C19H22N4O3/c1-13-7-5-9-16(25-4)18(13)23-14(2)21-22-19(23)15-8-6-10-17(20-15)26-12-11-24-3/h5-10H,11-12H2,1-4H3. The molecule has 0 aliphatic carbocycles. The van der Waals surface area contributed by atoms with E-state index in [1.54, 1.807) is 20.3 Å². The molecule has 7 nitrogen and oxygen atoms in total. The Labute approximate surface area is 152 Å². The first-order chi connectivity index (χ1) is 12.7. The van der Waals surface area contributed by atoms with Gasteiger partial charge in [0.15, 0.2) is 5.82 Å². The molecule has 7 heteroatoms. The molecule has 0 saturated heterocycles. The highest BCUT2D eigenvalue weighted by atomic mass is 16.5. The van der Waals surface area contributed by atoms with Gasteiger partial charge in [-0.1, -0.05) is 18.2 Å². The fraction of sp³-hybridized carbons (Fsp3) is 0.316. The van der Waals surface area contributed by atoms with Crippen LogP contribution in [0.5, 0.6) is 11.6 Å². The van der Waals surface area contributed by atoms with E-state index in [4.69, 9.17) is 14.2 Å². The molecular formula is C19H22N4O3. The van der Waals surface area contributed by atoms with Crippen LogP contribution in [-0.4, -0.2) is 47.2 Å². The van der Waals surface area contributed by atoms with Crippen molar-refractivity contribution in [2.75, 3.05) is 27.4 Å². The van der Waals surface area contributed by atoms with Crippen LogP contribution in [0.2, 0.25) is 0 Å². The van der Waals surface area contributed by atoms with Crippen LogP contribution in [0, 0.1) is 13.8 Å². The molecule has 0 aliphatic rings. The van der Waals surface area contributed by atoms with Crippen LogP contribution in [0.1, 0.15) is 11.4 Å². The molecule has 2 heterocycles. The quantitative estimate of drug-likeness (QED) is 0.608. The van der Waals surface area contributed by atoms with E-state index >= 15 is 0 Å². The maximum atomic E-state index is 5.61. The molecule has 0 amide bonds. The molecule has 0 saturated carbocycles. The Bertz CT molecular complexity index is 892. The van der Waals surface area contributed by atoms with Crippen molar-refractivity contribution in [1.82, 2.24) is 19.7 Å². The highest BCUT2D eigenvalue weighted by Gasteiger charge is 2.19. The minimum atomic E-state index is 0.435. The number of ether oxygens (including phenoxy) is 3. The minimum absolute atomic E-state index is 0.435. The van der Waals surface area contributed by atoms with Gasteiger partial charge in [-0.3, -0.25) is 4.57 Å². The lowest BCUT2D eigenvalue weighted by molar-refractivity contribution is 0.144. The van der Waals surface area contributed by atoms with E-state index in [-0.39, 0.29) is 0 Å². The van der Waals surface area contributed by atoms with Gasteiger partial charge in [0, 0.05) is 13.2 Å². The summed E-state index contributed by atoms with van der Waals surface area (Å²) in [7, 11) is 3.29. The third kappa shape index (κ3) is 3.52. The van der Waals surface area contributed by atoms with Gasteiger partial charge in [-0.25, -0.2) is 4.98 Å². The second-order valence-corrected chi connectivity index (χ2v) is 5.73. The molecule has 26 heavy (non-hydrogen) atoms. The first-order valence-corrected chi connectivity index (χ1v) is 8.31. The molecule has 0 radical (unpaired) electrons. The number of para-hydroxylation sites is 1. The predicted molar refractivity (Wildman–Crippen MR) is 98.0 cm³/mol. The molecule has 3 rings (SSSR count). The Kier molecular flexibility index (Phi) is 5.48. The number of hydrogen-bond donors (Lipinski definition) is 0. The van der Waals surface area contributed by atoms with Crippen molar-refractivity contribution >= 4 is 0 Å². The van der Waals surface area contributed by atoms with Crippen molar-refractivity contribution in [1.29, 1.82) is 0 Å². The summed E-state index contributed by atoms with van der Waals surface area (Å²) in [4.78, 5) is 4.56. The van der Waals surface area contributed by atoms with Crippen molar-refractivity contribution in [3.8, 4) is 28.8 Å². The number of aromatic nitrogens is 4. The summed E-state index contributed by atoms with van der Waals surface area (Å²) < 4.78 is 18.1. The van der Waals surface area contributed by atoms with Crippen molar-refractivity contribution < 1.29 is 14.2 Å². The maximum Gasteiger partial charge on any atom is 0.213 e. The Morgan fingerprint density at radius 2 is 1.77 bits per heavy atom. The molecular weight excluding hydrogens is 332 g/mol. The van der Waals surface area contributed by atoms with Gasteiger partial charge in [-0.15, -0.1) is 10.2 Å². The molecule has 0 spiro atoms. The summed E-state index contributed by atoms with van der Waals surface area (Å²) in [6, 6.07) is 11.5. The molecule has 0 N–H and O–H groups in total. The van der Waals surface area contributed by atoms with Gasteiger partial charge in [0.05, 0.1) is 19.4 Å². The van der Waals surface area contributed by atoms with Crippen LogP contribution in [0.25, 0.3) is 17.2 Å². The normalized spacial score (nSPS) is 10.8. The number of hydrogen-bond acceptors (Lipinski definition) is 6. The second-order valence-electron chi connectivity index (χ2n) is 5.73. The highest BCUT2D eigenvalue weighted by molar-refractivity contribution is 5.61. The van der Waals surface area contributed by atoms with Gasteiger partial charge in [0.2, 0.25) is 5.88 Å². The maximum absolute atomic E-state index is 5.61. The van der Waals surface area contributed by atoms with Crippen molar-refractivity contribution in [3.63, 3.8) is 0 Å². The average molecular weight is 354 g/mol. The lowest BCUT2D eigenvalue weighted by atomic mass is 10.1. The molecule has 0 aliphatic heterocycles. The van der Waals surface area contributed by atoms with Crippen molar-refractivity contribution in [2.45, 2.75) is 13.8 Å². The molecule has 1 aromatic carbocycles. The Hall–Kier alpha value is -2.93. The highest BCUT2D eigenvalue weighted by Crippen LogP contribution is 2.31. The molecule has 0 atom stereocenters. The smallest absolute Gasteiger partial charge is 0.213 e. The predicted octanol–water partition coefficient (Wildman–Crippen LogP) is 2.98. The topological polar surface area (TPSA) is 71.3 Å². The van der Waals surface area contributed by atoms with E-state index in [1.807, 2.05) is 48.7 Å². The summed E-state index contributed by atoms with van der Waals surface area (Å²) in [5, 5.41) is 8.58. The fourth-order valence-electron chi connectivity index (χ4n) is 2.73. The van der Waals surface area contributed by atoms with Crippen LogP contribution in [0.15, 0.2) is 36.4 Å². The number of aryl methyl sites for hydroxylation is 2. The number of methoxy groups -OCH3 is 2. The van der Waals surface area contributed by atoms with Gasteiger partial charge in [-0.05, 0) is 31.5 Å². The third-order valence-corrected chi connectivity index (χ3v) is 3.96. The van der Waals surface area contributed by atoms with Gasteiger partial charge in [0.1, 0.15) is 23.9 Å². The van der Waals surface area contributed by atoms with E-state index in [1.165, 1.54) is 0 Å². The third-order valence-electron chi connectivity index (χ3n) is 3.96. The summed E-state index contributed by atoms with van der Waals surface area (Å²) in [6.45, 7) is 4.87. The SMILES string of the molecule is COCCOc1cccc(-c2nnc(C)n2-c2c(C)cccc2OC)n1. The molecule has 2 aromatic heterocycles. The molecule has 3 aromatic rings. The van der Waals surface area contributed by atoms with Crippen LogP contribution >= 0.6 is 0 Å². The van der Waals surface area contributed by atoms with E-state index in [2.05, 4.69) is 15.2 Å².